The van der Waals surface area contributed by atoms with Crippen LogP contribution in [0.3, 0.4) is 0 Å². The number of aliphatic hydroxyl groups is 2. The minimum absolute atomic E-state index is 0.0347. The van der Waals surface area contributed by atoms with Crippen LogP contribution in [0, 0.1) is 0 Å². The van der Waals surface area contributed by atoms with Gasteiger partial charge in [-0.1, -0.05) is 31.7 Å². The van der Waals surface area contributed by atoms with E-state index in [-0.39, 0.29) is 31.6 Å². The van der Waals surface area contributed by atoms with Crippen molar-refractivity contribution in [3.63, 3.8) is 0 Å². The lowest BCUT2D eigenvalue weighted by molar-refractivity contribution is -0.350. The van der Waals surface area contributed by atoms with Gasteiger partial charge >= 0.3 is 18.4 Å². The molecule has 3 heterocycles. The first kappa shape index (κ1) is 34.2. The quantitative estimate of drug-likeness (QED) is 0.292. The van der Waals surface area contributed by atoms with Crippen molar-refractivity contribution in [1.82, 2.24) is 20.0 Å². The van der Waals surface area contributed by atoms with Gasteiger partial charge in [0.05, 0.1) is 6.61 Å². The number of nitrogens with one attached hydrogen (secondary N) is 1. The number of benzene rings is 1. The second-order valence-corrected chi connectivity index (χ2v) is 11.5. The summed E-state index contributed by atoms with van der Waals surface area (Å²) in [6.45, 7) is 8.54. The molecule has 3 N–H and O–H groups in total. The van der Waals surface area contributed by atoms with Gasteiger partial charge in [-0.3, -0.25) is 9.69 Å². The van der Waals surface area contributed by atoms with Crippen LogP contribution in [0.5, 0.6) is 5.75 Å². The van der Waals surface area contributed by atoms with Crippen LogP contribution in [0.25, 0.3) is 0 Å². The van der Waals surface area contributed by atoms with Gasteiger partial charge in [0.15, 0.2) is 6.23 Å². The van der Waals surface area contributed by atoms with E-state index in [4.69, 9.17) is 4.74 Å². The Morgan fingerprint density at radius 2 is 1.87 bits per heavy atom. The number of urea groups is 1. The van der Waals surface area contributed by atoms with Crippen molar-refractivity contribution >= 4 is 11.9 Å². The molecule has 3 aliphatic heterocycles. The summed E-state index contributed by atoms with van der Waals surface area (Å²) in [5.41, 5.74) is -6.09. The van der Waals surface area contributed by atoms with Gasteiger partial charge < -0.3 is 30.1 Å². The first-order valence-electron chi connectivity index (χ1n) is 14.3. The summed E-state index contributed by atoms with van der Waals surface area (Å²) >= 11 is 0. The number of hydrogen-bond acceptors (Lipinski definition) is 6. The van der Waals surface area contributed by atoms with Crippen LogP contribution in [0.1, 0.15) is 38.3 Å². The smallest absolute Gasteiger partial charge is 0.430 e. The summed E-state index contributed by atoms with van der Waals surface area (Å²) in [5.74, 6) is 0.292. The number of rotatable bonds is 8. The molecule has 0 saturated carbocycles. The number of halogens is 6. The van der Waals surface area contributed by atoms with E-state index in [1.54, 1.807) is 30.9 Å². The molecule has 4 rings (SSSR count). The molecule has 1 aromatic rings. The summed E-state index contributed by atoms with van der Waals surface area (Å²) in [4.78, 5) is 30.3. The maximum Gasteiger partial charge on any atom is 0.430 e. The lowest BCUT2D eigenvalue weighted by Crippen LogP contribution is -2.57. The second kappa shape index (κ2) is 12.2. The molecule has 3 atom stereocenters. The first-order chi connectivity index (χ1) is 20.9. The molecule has 248 valence electrons. The SMILES string of the molecule is C=C/C(=C\C(=C\N1CCN(C(=O)CN2C(=O)NC(C)(c3ccc4c(c3)CCO4)C2O)C[C@@H]1C)CC)C(O)(C(F)(F)F)C(F)(F)F. The lowest BCUT2D eigenvalue weighted by Gasteiger charge is -2.40. The van der Waals surface area contributed by atoms with Crippen molar-refractivity contribution in [2.45, 2.75) is 69.4 Å². The van der Waals surface area contributed by atoms with Crippen molar-refractivity contribution in [1.29, 1.82) is 0 Å². The van der Waals surface area contributed by atoms with Crippen molar-refractivity contribution in [3.05, 3.63) is 65.4 Å². The fraction of sp³-hybridized carbons (Fsp3) is 0.533. The van der Waals surface area contributed by atoms with Crippen LogP contribution in [0.4, 0.5) is 31.1 Å². The third-order valence-corrected chi connectivity index (χ3v) is 8.60. The number of carbonyl (C=O) groups excluding carboxylic acids is 2. The molecular formula is C30H36F6N4O5. The largest absolute Gasteiger partial charge is 0.493 e. The highest BCUT2D eigenvalue weighted by atomic mass is 19.4. The fourth-order valence-electron chi connectivity index (χ4n) is 5.75. The molecule has 0 aliphatic carbocycles. The topological polar surface area (TPSA) is 106 Å². The number of ether oxygens (including phenoxy) is 1. The van der Waals surface area contributed by atoms with E-state index < -0.39 is 59.8 Å². The zero-order valence-corrected chi connectivity index (χ0v) is 25.0. The number of piperazine rings is 1. The molecule has 2 fully saturated rings. The molecule has 3 amide bonds. The second-order valence-electron chi connectivity index (χ2n) is 11.5. The summed E-state index contributed by atoms with van der Waals surface area (Å²) in [7, 11) is 0. The predicted octanol–water partition coefficient (Wildman–Crippen LogP) is 3.98. The van der Waals surface area contributed by atoms with Crippen molar-refractivity contribution in [3.8, 4) is 5.75 Å². The number of aliphatic hydroxyl groups excluding tert-OH is 1. The zero-order valence-electron chi connectivity index (χ0n) is 25.0. The van der Waals surface area contributed by atoms with E-state index in [9.17, 15) is 46.1 Å². The normalized spacial score (nSPS) is 24.9. The molecule has 0 radical (unpaired) electrons. The number of amides is 3. The Labute approximate surface area is 256 Å². The summed E-state index contributed by atoms with van der Waals surface area (Å²) in [6, 6.07) is 4.34. The molecule has 9 nitrogen and oxygen atoms in total. The molecule has 1 aromatic carbocycles. The Hall–Kier alpha value is -3.72. The first-order valence-corrected chi connectivity index (χ1v) is 14.3. The number of alkyl halides is 6. The average molecular weight is 647 g/mol. The molecule has 2 saturated heterocycles. The van der Waals surface area contributed by atoms with Gasteiger partial charge in [-0.2, -0.15) is 26.3 Å². The zero-order chi connectivity index (χ0) is 33.5. The van der Waals surface area contributed by atoms with E-state index in [1.807, 2.05) is 6.07 Å². The van der Waals surface area contributed by atoms with Gasteiger partial charge in [-0.25, -0.2) is 4.79 Å². The van der Waals surface area contributed by atoms with E-state index in [0.717, 1.165) is 16.2 Å². The van der Waals surface area contributed by atoms with Gasteiger partial charge in [0.25, 0.3) is 5.60 Å². The maximum absolute atomic E-state index is 13.4. The number of allylic oxidation sites excluding steroid dienone is 2. The number of hydrogen-bond donors (Lipinski definition) is 3. The Balaban J connectivity index is 1.45. The lowest BCUT2D eigenvalue weighted by atomic mass is 9.89. The summed E-state index contributed by atoms with van der Waals surface area (Å²) < 4.78 is 86.1. The minimum atomic E-state index is -6.04. The van der Waals surface area contributed by atoms with E-state index in [0.29, 0.717) is 30.7 Å². The highest BCUT2D eigenvalue weighted by Gasteiger charge is 2.71. The van der Waals surface area contributed by atoms with Gasteiger partial charge in [-0.15, -0.1) is 0 Å². The molecule has 0 spiro atoms. The fourth-order valence-corrected chi connectivity index (χ4v) is 5.75. The highest BCUT2D eigenvalue weighted by molar-refractivity contribution is 5.86. The van der Waals surface area contributed by atoms with Crippen LogP contribution < -0.4 is 10.1 Å². The van der Waals surface area contributed by atoms with Crippen LogP contribution in [-0.2, 0) is 16.8 Å². The van der Waals surface area contributed by atoms with Crippen LogP contribution in [0.2, 0.25) is 0 Å². The highest BCUT2D eigenvalue weighted by Crippen LogP contribution is 2.48. The Kier molecular flexibility index (Phi) is 9.29. The van der Waals surface area contributed by atoms with E-state index >= 15 is 0 Å². The molecule has 45 heavy (non-hydrogen) atoms. The number of nitrogens with zero attached hydrogens (tertiary/aromatic N) is 3. The maximum atomic E-state index is 13.4. The van der Waals surface area contributed by atoms with Crippen molar-refractivity contribution < 1.29 is 50.9 Å². The molecule has 0 aromatic heterocycles. The van der Waals surface area contributed by atoms with Gasteiger partial charge in [0.1, 0.15) is 17.8 Å². The Bertz CT molecular complexity index is 1380. The molecular weight excluding hydrogens is 610 g/mol. The van der Waals surface area contributed by atoms with Gasteiger partial charge in [0, 0.05) is 43.9 Å². The van der Waals surface area contributed by atoms with Gasteiger partial charge in [0.2, 0.25) is 5.91 Å². The Morgan fingerprint density at radius 3 is 2.44 bits per heavy atom. The third-order valence-electron chi connectivity index (χ3n) is 8.60. The molecule has 3 aliphatic rings. The average Bonchev–Trinajstić information content (AvgIpc) is 3.52. The number of carbonyl (C=O) groups is 2. The minimum Gasteiger partial charge on any atom is -0.493 e. The molecule has 2 unspecified atom stereocenters. The monoisotopic (exact) mass is 646 g/mol. The summed E-state index contributed by atoms with van der Waals surface area (Å²) in [5, 5.41) is 23.7. The molecule has 0 bridgehead atoms. The third kappa shape index (κ3) is 6.24. The summed E-state index contributed by atoms with van der Waals surface area (Å²) in [6.07, 6.45) is -10.4. The van der Waals surface area contributed by atoms with Gasteiger partial charge in [-0.05, 0) is 49.1 Å². The van der Waals surface area contributed by atoms with Crippen LogP contribution in [-0.4, -0.2) is 99.9 Å². The molecule has 15 heteroatoms. The standard InChI is InChI=1S/C30H36F6N4O5/c1-5-19(13-21(6-2)28(44,29(31,32)33)30(34,35)36)16-38-10-11-39(15-18(38)3)24(41)17-40-25(42)27(4,37-26(40)43)22-7-8-23-20(14-22)9-12-45-23/h6-8,13-14,16,18,25,42,44H,2,5,9-12,15,17H2,1,3-4H3,(H,37,43)/b19-16+,21-13+/t18-,25?,27?/m0/s1. The number of fused-ring (bicyclic) bond motifs is 1. The van der Waals surface area contributed by atoms with E-state index in [2.05, 4.69) is 11.9 Å². The van der Waals surface area contributed by atoms with Crippen molar-refractivity contribution in [2.24, 2.45) is 0 Å². The predicted molar refractivity (Wildman–Crippen MR) is 151 cm³/mol. The van der Waals surface area contributed by atoms with E-state index in [1.165, 1.54) is 18.0 Å². The van der Waals surface area contributed by atoms with Crippen LogP contribution >= 0.6 is 0 Å². The van der Waals surface area contributed by atoms with Crippen molar-refractivity contribution in [2.75, 3.05) is 32.8 Å². The van der Waals surface area contributed by atoms with Crippen LogP contribution in [0.15, 0.2) is 54.3 Å². The Morgan fingerprint density at radius 1 is 1.20 bits per heavy atom.